The van der Waals surface area contributed by atoms with E-state index in [9.17, 15) is 9.59 Å². The van der Waals surface area contributed by atoms with Crippen LogP contribution >= 0.6 is 22.9 Å². The van der Waals surface area contributed by atoms with Crippen LogP contribution in [0.2, 0.25) is 5.02 Å². The molecule has 0 radical (unpaired) electrons. The van der Waals surface area contributed by atoms with Gasteiger partial charge in [0.1, 0.15) is 10.8 Å². The van der Waals surface area contributed by atoms with Crippen molar-refractivity contribution in [3.63, 3.8) is 0 Å². The number of hydrogen-bond donors (Lipinski definition) is 1. The molecular formula is C23H23ClN4O3S. The van der Waals surface area contributed by atoms with E-state index in [0.717, 1.165) is 29.2 Å². The van der Waals surface area contributed by atoms with Crippen LogP contribution in [0.3, 0.4) is 0 Å². The average molecular weight is 471 g/mol. The molecule has 166 valence electrons. The van der Waals surface area contributed by atoms with Gasteiger partial charge in [0, 0.05) is 29.7 Å². The van der Waals surface area contributed by atoms with E-state index >= 15 is 0 Å². The molecule has 9 heteroatoms. The number of aromatic nitrogens is 2. The van der Waals surface area contributed by atoms with E-state index in [1.807, 2.05) is 29.2 Å². The predicted molar refractivity (Wildman–Crippen MR) is 125 cm³/mol. The third-order valence-electron chi connectivity index (χ3n) is 5.40. The fourth-order valence-electron chi connectivity index (χ4n) is 3.69. The number of benzene rings is 2. The molecule has 1 aromatic heterocycles. The van der Waals surface area contributed by atoms with E-state index < -0.39 is 0 Å². The Morgan fingerprint density at radius 2 is 1.94 bits per heavy atom. The van der Waals surface area contributed by atoms with Gasteiger partial charge in [-0.3, -0.25) is 9.59 Å². The van der Waals surface area contributed by atoms with Crippen LogP contribution in [0.15, 0.2) is 48.5 Å². The van der Waals surface area contributed by atoms with Gasteiger partial charge in [0.25, 0.3) is 5.91 Å². The number of carbonyl (C=O) groups excluding carboxylic acids is 2. The van der Waals surface area contributed by atoms with Gasteiger partial charge in [-0.25, -0.2) is 0 Å². The standard InChI is InChI=1S/C23H23ClN4O3S/c1-31-19-7-2-4-15(12-19)13-20(29)28-10-8-16(9-11-28)22-26-27-23(32-22)21(30)25-18-6-3-5-17(24)14-18/h2-7,12,14,16H,8-11,13H2,1H3,(H,25,30). The van der Waals surface area contributed by atoms with Gasteiger partial charge in [-0.2, -0.15) is 0 Å². The molecule has 0 aliphatic carbocycles. The predicted octanol–water partition coefficient (Wildman–Crippen LogP) is 4.40. The van der Waals surface area contributed by atoms with Gasteiger partial charge in [-0.1, -0.05) is 41.1 Å². The zero-order chi connectivity index (χ0) is 22.5. The number of anilines is 1. The summed E-state index contributed by atoms with van der Waals surface area (Å²) in [5, 5.41) is 12.8. The fourth-order valence-corrected chi connectivity index (χ4v) is 4.78. The molecule has 2 amide bonds. The van der Waals surface area contributed by atoms with Crippen LogP contribution in [0.5, 0.6) is 5.75 Å². The summed E-state index contributed by atoms with van der Waals surface area (Å²) in [7, 11) is 1.62. The summed E-state index contributed by atoms with van der Waals surface area (Å²) >= 11 is 7.27. The largest absolute Gasteiger partial charge is 0.497 e. The fraction of sp³-hybridized carbons (Fsp3) is 0.304. The number of amides is 2. The first-order valence-corrected chi connectivity index (χ1v) is 11.5. The summed E-state index contributed by atoms with van der Waals surface area (Å²) in [5.41, 5.74) is 1.55. The lowest BCUT2D eigenvalue weighted by Gasteiger charge is -2.31. The first kappa shape index (κ1) is 22.2. The summed E-state index contributed by atoms with van der Waals surface area (Å²) in [6.07, 6.45) is 1.96. The average Bonchev–Trinajstić information content (AvgIpc) is 3.30. The van der Waals surface area contributed by atoms with Crippen molar-refractivity contribution in [2.24, 2.45) is 0 Å². The molecule has 2 aromatic carbocycles. The van der Waals surface area contributed by atoms with Crippen LogP contribution in [0.25, 0.3) is 0 Å². The molecule has 0 unspecified atom stereocenters. The number of nitrogens with one attached hydrogen (secondary N) is 1. The minimum atomic E-state index is -0.304. The molecule has 1 N–H and O–H groups in total. The quantitative estimate of drug-likeness (QED) is 0.577. The van der Waals surface area contributed by atoms with E-state index in [0.29, 0.717) is 35.2 Å². The van der Waals surface area contributed by atoms with Gasteiger partial charge in [0.2, 0.25) is 10.9 Å². The molecule has 4 rings (SSSR count). The second kappa shape index (κ2) is 10.1. The molecule has 2 heterocycles. The highest BCUT2D eigenvalue weighted by Gasteiger charge is 2.27. The highest BCUT2D eigenvalue weighted by molar-refractivity contribution is 7.13. The highest BCUT2D eigenvalue weighted by Crippen LogP contribution is 2.31. The number of likely N-dealkylation sites (tertiary alicyclic amines) is 1. The molecule has 1 aliphatic rings. The van der Waals surface area contributed by atoms with Crippen molar-refractivity contribution < 1.29 is 14.3 Å². The number of hydrogen-bond acceptors (Lipinski definition) is 6. The Morgan fingerprint density at radius 3 is 2.69 bits per heavy atom. The number of piperidine rings is 1. The van der Waals surface area contributed by atoms with Gasteiger partial charge >= 0.3 is 0 Å². The first-order valence-electron chi connectivity index (χ1n) is 10.3. The molecule has 0 atom stereocenters. The van der Waals surface area contributed by atoms with Gasteiger partial charge in [0.15, 0.2) is 0 Å². The maximum atomic E-state index is 12.7. The van der Waals surface area contributed by atoms with Crippen molar-refractivity contribution in [3.05, 3.63) is 69.1 Å². The van der Waals surface area contributed by atoms with Gasteiger partial charge in [-0.15, -0.1) is 10.2 Å². The highest BCUT2D eigenvalue weighted by atomic mass is 35.5. The lowest BCUT2D eigenvalue weighted by atomic mass is 9.97. The molecule has 1 fully saturated rings. The molecule has 1 saturated heterocycles. The number of nitrogens with zero attached hydrogens (tertiary/aromatic N) is 3. The molecule has 1 aliphatic heterocycles. The van der Waals surface area contributed by atoms with E-state index in [1.165, 1.54) is 11.3 Å². The number of methoxy groups -OCH3 is 1. The molecule has 0 saturated carbocycles. The smallest absolute Gasteiger partial charge is 0.286 e. The third-order valence-corrected chi connectivity index (χ3v) is 6.72. The second-order valence-electron chi connectivity index (χ2n) is 7.59. The van der Waals surface area contributed by atoms with Gasteiger partial charge < -0.3 is 15.0 Å². The van der Waals surface area contributed by atoms with Crippen molar-refractivity contribution in [2.75, 3.05) is 25.5 Å². The Kier molecular flexibility index (Phi) is 7.02. The third kappa shape index (κ3) is 5.44. The van der Waals surface area contributed by atoms with Crippen molar-refractivity contribution in [1.29, 1.82) is 0 Å². The van der Waals surface area contributed by atoms with Crippen LogP contribution in [-0.2, 0) is 11.2 Å². The Hall–Kier alpha value is -2.97. The normalized spacial score (nSPS) is 14.2. The summed E-state index contributed by atoms with van der Waals surface area (Å²) in [5.74, 6) is 0.749. The van der Waals surface area contributed by atoms with E-state index in [-0.39, 0.29) is 17.7 Å². The minimum absolute atomic E-state index is 0.107. The van der Waals surface area contributed by atoms with Crippen molar-refractivity contribution in [2.45, 2.75) is 25.2 Å². The van der Waals surface area contributed by atoms with Crippen molar-refractivity contribution >= 4 is 40.4 Å². The zero-order valence-electron chi connectivity index (χ0n) is 17.6. The number of halogens is 1. The van der Waals surface area contributed by atoms with Crippen LogP contribution in [0, 0.1) is 0 Å². The van der Waals surface area contributed by atoms with E-state index in [1.54, 1.807) is 31.4 Å². The van der Waals surface area contributed by atoms with Crippen LogP contribution in [-0.4, -0.2) is 47.1 Å². The number of rotatable bonds is 6. The Labute approximate surface area is 195 Å². The Bertz CT molecular complexity index is 1110. The topological polar surface area (TPSA) is 84.4 Å². The minimum Gasteiger partial charge on any atom is -0.497 e. The maximum Gasteiger partial charge on any atom is 0.286 e. The van der Waals surface area contributed by atoms with Crippen LogP contribution < -0.4 is 10.1 Å². The summed E-state index contributed by atoms with van der Waals surface area (Å²) in [6.45, 7) is 1.33. The number of ether oxygens (including phenoxy) is 1. The monoisotopic (exact) mass is 470 g/mol. The van der Waals surface area contributed by atoms with Crippen LogP contribution in [0.1, 0.15) is 39.1 Å². The molecule has 0 bridgehead atoms. The van der Waals surface area contributed by atoms with Crippen molar-refractivity contribution in [1.82, 2.24) is 15.1 Å². The summed E-state index contributed by atoms with van der Waals surface area (Å²) in [4.78, 5) is 27.1. The van der Waals surface area contributed by atoms with Gasteiger partial charge in [0.05, 0.1) is 13.5 Å². The first-order chi connectivity index (χ1) is 15.5. The van der Waals surface area contributed by atoms with Gasteiger partial charge in [-0.05, 0) is 48.7 Å². The number of carbonyl (C=O) groups is 2. The molecule has 32 heavy (non-hydrogen) atoms. The zero-order valence-corrected chi connectivity index (χ0v) is 19.2. The lowest BCUT2D eigenvalue weighted by Crippen LogP contribution is -2.38. The summed E-state index contributed by atoms with van der Waals surface area (Å²) in [6, 6.07) is 14.5. The SMILES string of the molecule is COc1cccc(CC(=O)N2CCC(c3nnc(C(=O)Nc4cccc(Cl)c4)s3)CC2)c1. The van der Waals surface area contributed by atoms with E-state index in [4.69, 9.17) is 16.3 Å². The Morgan fingerprint density at radius 1 is 1.16 bits per heavy atom. The molecular weight excluding hydrogens is 448 g/mol. The van der Waals surface area contributed by atoms with Crippen LogP contribution in [0.4, 0.5) is 5.69 Å². The van der Waals surface area contributed by atoms with Crippen molar-refractivity contribution in [3.8, 4) is 5.75 Å². The maximum absolute atomic E-state index is 12.7. The second-order valence-corrected chi connectivity index (χ2v) is 9.04. The molecule has 0 spiro atoms. The molecule has 3 aromatic rings. The lowest BCUT2D eigenvalue weighted by molar-refractivity contribution is -0.131. The summed E-state index contributed by atoms with van der Waals surface area (Å²) < 4.78 is 5.23. The van der Waals surface area contributed by atoms with E-state index in [2.05, 4.69) is 15.5 Å². The Balaban J connectivity index is 1.31. The molecule has 7 nitrogen and oxygen atoms in total.